The third kappa shape index (κ3) is 4.94. The summed E-state index contributed by atoms with van der Waals surface area (Å²) < 4.78 is 12.1. The van der Waals surface area contributed by atoms with E-state index in [2.05, 4.69) is 68.3 Å². The fourth-order valence-corrected chi connectivity index (χ4v) is 4.69. The van der Waals surface area contributed by atoms with Gasteiger partial charge in [0, 0.05) is 36.8 Å². The SMILES string of the molecule is Cc1cc(OC2CCN(Cc3ccccc3)CC2)c2cc(OPI)ccc2n1. The number of ether oxygens (including phenoxy) is 1. The van der Waals surface area contributed by atoms with Crippen LogP contribution in [0.1, 0.15) is 24.1 Å². The fourth-order valence-electron chi connectivity index (χ4n) is 3.71. The summed E-state index contributed by atoms with van der Waals surface area (Å²) in [6.07, 6.45) is 2.33. The maximum Gasteiger partial charge on any atom is 0.137 e. The normalized spacial score (nSPS) is 16.1. The molecule has 1 fully saturated rings. The van der Waals surface area contributed by atoms with Gasteiger partial charge < -0.3 is 9.26 Å². The van der Waals surface area contributed by atoms with E-state index in [9.17, 15) is 0 Å². The molecule has 0 aliphatic carbocycles. The monoisotopic (exact) mass is 506 g/mol. The molecule has 4 rings (SSSR count). The van der Waals surface area contributed by atoms with Crippen molar-refractivity contribution in [3.05, 3.63) is 65.9 Å². The number of aromatic nitrogens is 1. The molecule has 1 aromatic heterocycles. The Morgan fingerprint density at radius 2 is 1.89 bits per heavy atom. The second-order valence-electron chi connectivity index (χ2n) is 7.20. The average Bonchev–Trinajstić information content (AvgIpc) is 2.71. The zero-order chi connectivity index (χ0) is 19.3. The third-order valence-corrected chi connectivity index (χ3v) is 6.08. The highest BCUT2D eigenvalue weighted by Crippen LogP contribution is 2.34. The number of hydrogen-bond donors (Lipinski definition) is 0. The first-order valence-electron chi connectivity index (χ1n) is 9.58. The highest BCUT2D eigenvalue weighted by atomic mass is 127. The Balaban J connectivity index is 1.44. The molecule has 3 aromatic rings. The zero-order valence-electron chi connectivity index (χ0n) is 15.9. The van der Waals surface area contributed by atoms with E-state index in [0.29, 0.717) is 6.45 Å². The van der Waals surface area contributed by atoms with Crippen LogP contribution in [-0.4, -0.2) is 29.1 Å². The van der Waals surface area contributed by atoms with E-state index < -0.39 is 0 Å². The Morgan fingerprint density at radius 1 is 1.11 bits per heavy atom. The minimum Gasteiger partial charge on any atom is -0.490 e. The molecule has 2 aromatic carbocycles. The largest absolute Gasteiger partial charge is 0.490 e. The number of piperidine rings is 1. The van der Waals surface area contributed by atoms with Crippen LogP contribution in [0, 0.1) is 6.92 Å². The van der Waals surface area contributed by atoms with Gasteiger partial charge in [-0.15, -0.1) is 0 Å². The molecule has 28 heavy (non-hydrogen) atoms. The van der Waals surface area contributed by atoms with E-state index in [1.807, 2.05) is 25.1 Å². The Bertz CT molecular complexity index is 930. The van der Waals surface area contributed by atoms with Crippen molar-refractivity contribution in [2.24, 2.45) is 0 Å². The van der Waals surface area contributed by atoms with Gasteiger partial charge in [-0.05, 0) is 65.6 Å². The van der Waals surface area contributed by atoms with E-state index in [1.54, 1.807) is 0 Å². The summed E-state index contributed by atoms with van der Waals surface area (Å²) in [5.41, 5.74) is 3.32. The number of likely N-dealkylation sites (tertiary alicyclic amines) is 1. The number of pyridine rings is 1. The maximum absolute atomic E-state index is 6.46. The summed E-state index contributed by atoms with van der Waals surface area (Å²) in [5.74, 6) is 1.79. The maximum atomic E-state index is 6.46. The number of benzene rings is 2. The Hall–Kier alpha value is -1.43. The number of nitrogens with zero attached hydrogens (tertiary/aromatic N) is 2. The summed E-state index contributed by atoms with van der Waals surface area (Å²) in [6.45, 7) is 5.55. The first kappa shape index (κ1) is 19.9. The molecule has 0 spiro atoms. The predicted octanol–water partition coefficient (Wildman–Crippen LogP) is 5.91. The molecule has 0 bridgehead atoms. The summed E-state index contributed by atoms with van der Waals surface area (Å²) in [6, 6.07) is 18.8. The van der Waals surface area contributed by atoms with Gasteiger partial charge in [-0.2, -0.15) is 0 Å². The molecule has 0 saturated carbocycles. The lowest BCUT2D eigenvalue weighted by molar-refractivity contribution is 0.0979. The van der Waals surface area contributed by atoms with Crippen LogP contribution >= 0.6 is 28.5 Å². The van der Waals surface area contributed by atoms with Crippen LogP contribution in [0.5, 0.6) is 11.5 Å². The van der Waals surface area contributed by atoms with Crippen molar-refractivity contribution in [1.82, 2.24) is 9.88 Å². The minimum absolute atomic E-state index is 0.244. The second kappa shape index (κ2) is 9.38. The lowest BCUT2D eigenvalue weighted by Crippen LogP contribution is -2.37. The molecular formula is C22H24IN2O2P. The predicted molar refractivity (Wildman–Crippen MR) is 125 cm³/mol. The van der Waals surface area contributed by atoms with Crippen LogP contribution in [-0.2, 0) is 6.54 Å². The van der Waals surface area contributed by atoms with E-state index in [4.69, 9.17) is 9.26 Å². The van der Waals surface area contributed by atoms with E-state index in [1.165, 1.54) is 5.56 Å². The van der Waals surface area contributed by atoms with Gasteiger partial charge in [-0.1, -0.05) is 30.3 Å². The lowest BCUT2D eigenvalue weighted by Gasteiger charge is -2.32. The fraction of sp³-hybridized carbons (Fsp3) is 0.318. The topological polar surface area (TPSA) is 34.6 Å². The van der Waals surface area contributed by atoms with Crippen LogP contribution in [0.25, 0.3) is 10.9 Å². The molecule has 1 atom stereocenters. The third-order valence-electron chi connectivity index (χ3n) is 5.10. The van der Waals surface area contributed by atoms with Crippen molar-refractivity contribution >= 4 is 39.4 Å². The van der Waals surface area contributed by atoms with Crippen LogP contribution in [0.3, 0.4) is 0 Å². The summed E-state index contributed by atoms with van der Waals surface area (Å²) in [4.78, 5) is 7.16. The van der Waals surface area contributed by atoms with Crippen molar-refractivity contribution in [2.75, 3.05) is 13.1 Å². The van der Waals surface area contributed by atoms with Gasteiger partial charge in [-0.25, -0.2) is 0 Å². The molecule has 146 valence electrons. The number of halogens is 1. The number of rotatable bonds is 6. The first-order chi connectivity index (χ1) is 13.7. The summed E-state index contributed by atoms with van der Waals surface area (Å²) in [7, 11) is 0. The van der Waals surface area contributed by atoms with Crippen molar-refractivity contribution in [1.29, 1.82) is 0 Å². The summed E-state index contributed by atoms with van der Waals surface area (Å²) >= 11 is 2.24. The van der Waals surface area contributed by atoms with Crippen LogP contribution in [0.2, 0.25) is 0 Å². The first-order valence-corrected chi connectivity index (χ1v) is 13.6. The molecule has 4 nitrogen and oxygen atoms in total. The van der Waals surface area contributed by atoms with Gasteiger partial charge in [-0.3, -0.25) is 9.88 Å². The van der Waals surface area contributed by atoms with Gasteiger partial charge in [0.25, 0.3) is 0 Å². The van der Waals surface area contributed by atoms with E-state index in [-0.39, 0.29) is 6.10 Å². The van der Waals surface area contributed by atoms with E-state index >= 15 is 0 Å². The van der Waals surface area contributed by atoms with E-state index in [0.717, 1.165) is 60.6 Å². The van der Waals surface area contributed by atoms with Gasteiger partial charge in [0.15, 0.2) is 0 Å². The minimum atomic E-state index is 0.244. The van der Waals surface area contributed by atoms with Crippen LogP contribution < -0.4 is 9.26 Å². The Kier molecular flexibility index (Phi) is 6.65. The molecule has 1 unspecified atom stereocenters. The lowest BCUT2D eigenvalue weighted by atomic mass is 10.1. The average molecular weight is 506 g/mol. The molecule has 0 radical (unpaired) electrons. The standard InChI is InChI=1S/C22H24IN2O2P/c1-16-13-22(20-14-19(27-28-23)7-8-21(20)24-16)26-18-9-11-25(12-10-18)15-17-5-3-2-4-6-17/h2-8,13-14,18,28H,9-12,15H2,1H3. The molecule has 6 heteroatoms. The molecule has 1 saturated heterocycles. The summed E-state index contributed by atoms with van der Waals surface area (Å²) in [5, 5.41) is 1.03. The molecular weight excluding hydrogens is 482 g/mol. The second-order valence-corrected chi connectivity index (χ2v) is 8.88. The van der Waals surface area contributed by atoms with Gasteiger partial charge in [0.05, 0.1) is 5.52 Å². The van der Waals surface area contributed by atoms with Crippen molar-refractivity contribution < 1.29 is 9.26 Å². The quantitative estimate of drug-likeness (QED) is 0.308. The van der Waals surface area contributed by atoms with Crippen LogP contribution in [0.4, 0.5) is 0 Å². The zero-order valence-corrected chi connectivity index (χ0v) is 19.1. The van der Waals surface area contributed by atoms with Crippen molar-refractivity contribution in [3.63, 3.8) is 0 Å². The molecule has 2 heterocycles. The molecule has 0 N–H and O–H groups in total. The molecule has 0 amide bonds. The Labute approximate surface area is 181 Å². The van der Waals surface area contributed by atoms with Crippen LogP contribution in [0.15, 0.2) is 54.6 Å². The van der Waals surface area contributed by atoms with Gasteiger partial charge in [0.1, 0.15) is 24.1 Å². The molecule has 1 aliphatic rings. The highest BCUT2D eigenvalue weighted by Gasteiger charge is 2.21. The van der Waals surface area contributed by atoms with Crippen molar-refractivity contribution in [3.8, 4) is 11.5 Å². The number of hydrogen-bond acceptors (Lipinski definition) is 4. The highest BCUT2D eigenvalue weighted by molar-refractivity contribution is 14.2. The molecule has 1 aliphatic heterocycles. The van der Waals surface area contributed by atoms with Crippen molar-refractivity contribution in [2.45, 2.75) is 32.4 Å². The number of fused-ring (bicyclic) bond motifs is 1. The number of aryl methyl sites for hydroxylation is 1. The Morgan fingerprint density at radius 3 is 2.64 bits per heavy atom. The smallest absolute Gasteiger partial charge is 0.137 e. The van der Waals surface area contributed by atoms with Gasteiger partial charge in [0.2, 0.25) is 0 Å². The van der Waals surface area contributed by atoms with Gasteiger partial charge >= 0.3 is 0 Å².